The van der Waals surface area contributed by atoms with Gasteiger partial charge in [-0.1, -0.05) is 44.4 Å². The normalized spacial score (nSPS) is 17.4. The van der Waals surface area contributed by atoms with Crippen molar-refractivity contribution in [1.82, 2.24) is 4.98 Å². The molecule has 1 fully saturated rings. The first kappa shape index (κ1) is 13.4. The third-order valence-corrected chi connectivity index (χ3v) is 4.88. The summed E-state index contributed by atoms with van der Waals surface area (Å²) in [5.41, 5.74) is 0.304. The Hall–Kier alpha value is -1.08. The van der Waals surface area contributed by atoms with E-state index in [2.05, 4.69) is 30.2 Å². The van der Waals surface area contributed by atoms with Gasteiger partial charge in [0.2, 0.25) is 0 Å². The lowest BCUT2D eigenvalue weighted by Gasteiger charge is -2.37. The molecule has 2 rings (SSSR count). The van der Waals surface area contributed by atoms with E-state index in [1.807, 2.05) is 0 Å². The molecule has 0 amide bonds. The van der Waals surface area contributed by atoms with Gasteiger partial charge in [0.1, 0.15) is 10.9 Å². The van der Waals surface area contributed by atoms with Crippen molar-refractivity contribution >= 4 is 16.5 Å². The van der Waals surface area contributed by atoms with Gasteiger partial charge in [-0.3, -0.25) is 0 Å². The van der Waals surface area contributed by atoms with Gasteiger partial charge >= 0.3 is 0 Å². The first-order valence-electron chi connectivity index (χ1n) is 6.71. The van der Waals surface area contributed by atoms with Gasteiger partial charge < -0.3 is 5.32 Å². The Labute approximate surface area is 113 Å². The Morgan fingerprint density at radius 3 is 2.78 bits per heavy atom. The highest BCUT2D eigenvalue weighted by atomic mass is 32.1. The third kappa shape index (κ3) is 3.23. The maximum absolute atomic E-state index is 8.78. The van der Waals surface area contributed by atoms with E-state index < -0.39 is 0 Å². The number of aromatic nitrogens is 1. The molecule has 3 nitrogen and oxygen atoms in total. The molecular formula is C14H21N3S. The number of hydrogen-bond acceptors (Lipinski definition) is 4. The fourth-order valence-electron chi connectivity index (χ4n) is 2.74. The molecule has 0 radical (unpaired) electrons. The Morgan fingerprint density at radius 2 is 2.17 bits per heavy atom. The molecule has 1 aromatic rings. The van der Waals surface area contributed by atoms with E-state index in [1.54, 1.807) is 6.20 Å². The lowest BCUT2D eigenvalue weighted by Crippen LogP contribution is -2.33. The second-order valence-electron chi connectivity index (χ2n) is 5.82. The molecule has 0 aromatic carbocycles. The molecule has 1 aliphatic rings. The van der Waals surface area contributed by atoms with Crippen molar-refractivity contribution in [3.05, 3.63) is 11.1 Å². The zero-order valence-electron chi connectivity index (χ0n) is 11.2. The number of hydrogen-bond donors (Lipinski definition) is 1. The van der Waals surface area contributed by atoms with Crippen LogP contribution in [0.3, 0.4) is 0 Å². The first-order valence-corrected chi connectivity index (χ1v) is 7.53. The Bertz CT molecular complexity index is 424. The third-order valence-electron chi connectivity index (χ3n) is 4.02. The summed E-state index contributed by atoms with van der Waals surface area (Å²) in [7, 11) is 0. The average Bonchev–Trinajstić information content (AvgIpc) is 2.86. The summed E-state index contributed by atoms with van der Waals surface area (Å²) >= 11 is 1.44. The lowest BCUT2D eigenvalue weighted by molar-refractivity contribution is 0.172. The average molecular weight is 263 g/mol. The van der Waals surface area contributed by atoms with Crippen LogP contribution in [-0.2, 0) is 0 Å². The smallest absolute Gasteiger partial charge is 0.183 e. The van der Waals surface area contributed by atoms with Crippen LogP contribution in [0.15, 0.2) is 6.20 Å². The summed E-state index contributed by atoms with van der Waals surface area (Å²) < 4.78 is 0. The second-order valence-corrected chi connectivity index (χ2v) is 6.85. The summed E-state index contributed by atoms with van der Waals surface area (Å²) in [6, 6.07) is 2.12. The minimum Gasteiger partial charge on any atom is -0.361 e. The molecule has 1 aromatic heterocycles. The van der Waals surface area contributed by atoms with Crippen molar-refractivity contribution in [2.24, 2.45) is 11.3 Å². The summed E-state index contributed by atoms with van der Waals surface area (Å²) in [5.74, 6) is 0.814. The van der Waals surface area contributed by atoms with E-state index in [9.17, 15) is 0 Å². The van der Waals surface area contributed by atoms with Crippen LogP contribution < -0.4 is 5.32 Å². The maximum atomic E-state index is 8.78. The monoisotopic (exact) mass is 263 g/mol. The Kier molecular flexibility index (Phi) is 4.23. The van der Waals surface area contributed by atoms with Crippen molar-refractivity contribution in [3.63, 3.8) is 0 Å². The standard InChI is InChI=1S/C14H21N3S/c1-14(2,11-6-4-3-5-7-11)10-17-13-16-9-12(8-15)18-13/h9,11H,3-7,10H2,1-2H3,(H,16,17). The molecule has 0 spiro atoms. The predicted octanol–water partition coefficient (Wildman–Crippen LogP) is 4.03. The fourth-order valence-corrected chi connectivity index (χ4v) is 3.35. The van der Waals surface area contributed by atoms with Gasteiger partial charge in [0.05, 0.1) is 6.20 Å². The molecule has 0 bridgehead atoms. The molecule has 1 heterocycles. The molecule has 0 unspecified atom stereocenters. The van der Waals surface area contributed by atoms with Crippen LogP contribution in [0, 0.1) is 22.7 Å². The molecule has 1 aliphatic carbocycles. The van der Waals surface area contributed by atoms with Gasteiger partial charge in [-0.25, -0.2) is 4.98 Å². The number of nitriles is 1. The molecule has 0 saturated heterocycles. The van der Waals surface area contributed by atoms with Crippen molar-refractivity contribution < 1.29 is 0 Å². The zero-order valence-corrected chi connectivity index (χ0v) is 12.0. The lowest BCUT2D eigenvalue weighted by atomic mass is 9.71. The number of rotatable bonds is 4. The van der Waals surface area contributed by atoms with Gasteiger partial charge in [0, 0.05) is 6.54 Å². The molecule has 4 heteroatoms. The number of nitrogens with one attached hydrogen (secondary N) is 1. The van der Waals surface area contributed by atoms with Crippen LogP contribution in [0.2, 0.25) is 0 Å². The molecule has 98 valence electrons. The van der Waals surface area contributed by atoms with E-state index in [0.29, 0.717) is 10.3 Å². The van der Waals surface area contributed by atoms with Crippen molar-refractivity contribution in [1.29, 1.82) is 5.26 Å². The Morgan fingerprint density at radius 1 is 1.44 bits per heavy atom. The molecule has 1 N–H and O–H groups in total. The van der Waals surface area contributed by atoms with Crippen molar-refractivity contribution in [3.8, 4) is 6.07 Å². The maximum Gasteiger partial charge on any atom is 0.183 e. The van der Waals surface area contributed by atoms with E-state index in [0.717, 1.165) is 17.6 Å². The number of nitrogens with zero attached hydrogens (tertiary/aromatic N) is 2. The van der Waals surface area contributed by atoms with Crippen LogP contribution in [0.1, 0.15) is 50.8 Å². The quantitative estimate of drug-likeness (QED) is 0.892. The van der Waals surface area contributed by atoms with Crippen molar-refractivity contribution in [2.45, 2.75) is 46.0 Å². The van der Waals surface area contributed by atoms with E-state index in [4.69, 9.17) is 5.26 Å². The van der Waals surface area contributed by atoms with Crippen LogP contribution in [0.4, 0.5) is 5.13 Å². The summed E-state index contributed by atoms with van der Waals surface area (Å²) in [6.07, 6.45) is 8.51. The van der Waals surface area contributed by atoms with E-state index in [-0.39, 0.29) is 0 Å². The van der Waals surface area contributed by atoms with Gasteiger partial charge in [-0.15, -0.1) is 0 Å². The molecule has 0 aliphatic heterocycles. The summed E-state index contributed by atoms with van der Waals surface area (Å²) in [6.45, 7) is 5.62. The SMILES string of the molecule is CC(C)(CNc1ncc(C#N)s1)C1CCCCC1. The molecule has 18 heavy (non-hydrogen) atoms. The Balaban J connectivity index is 1.89. The number of thiazole rings is 1. The largest absolute Gasteiger partial charge is 0.361 e. The summed E-state index contributed by atoms with van der Waals surface area (Å²) in [4.78, 5) is 4.89. The van der Waals surface area contributed by atoms with Crippen LogP contribution >= 0.6 is 11.3 Å². The summed E-state index contributed by atoms with van der Waals surface area (Å²) in [5, 5.41) is 13.0. The van der Waals surface area contributed by atoms with Crippen LogP contribution in [0.25, 0.3) is 0 Å². The van der Waals surface area contributed by atoms with Crippen LogP contribution in [0.5, 0.6) is 0 Å². The van der Waals surface area contributed by atoms with Gasteiger partial charge in [0.15, 0.2) is 5.13 Å². The molecule has 0 atom stereocenters. The van der Waals surface area contributed by atoms with E-state index >= 15 is 0 Å². The minimum atomic E-state index is 0.304. The molecule has 1 saturated carbocycles. The fraction of sp³-hybridized carbons (Fsp3) is 0.714. The van der Waals surface area contributed by atoms with Gasteiger partial charge in [-0.05, 0) is 24.2 Å². The minimum absolute atomic E-state index is 0.304. The van der Waals surface area contributed by atoms with Crippen LogP contribution in [-0.4, -0.2) is 11.5 Å². The first-order chi connectivity index (χ1) is 8.62. The van der Waals surface area contributed by atoms with Gasteiger partial charge in [0.25, 0.3) is 0 Å². The topological polar surface area (TPSA) is 48.7 Å². The van der Waals surface area contributed by atoms with E-state index in [1.165, 1.54) is 43.4 Å². The second kappa shape index (κ2) is 5.71. The van der Waals surface area contributed by atoms with Crippen molar-refractivity contribution in [2.75, 3.05) is 11.9 Å². The zero-order chi connectivity index (χ0) is 13.0. The van der Waals surface area contributed by atoms with Gasteiger partial charge in [-0.2, -0.15) is 5.26 Å². The highest BCUT2D eigenvalue weighted by Crippen LogP contribution is 2.38. The predicted molar refractivity (Wildman–Crippen MR) is 75.7 cm³/mol. The number of anilines is 1. The highest BCUT2D eigenvalue weighted by Gasteiger charge is 2.30. The highest BCUT2D eigenvalue weighted by molar-refractivity contribution is 7.16. The molecular weight excluding hydrogens is 242 g/mol.